The molecule has 4 rings (SSSR count). The van der Waals surface area contributed by atoms with E-state index in [1.54, 1.807) is 36.4 Å². The van der Waals surface area contributed by atoms with Crippen LogP contribution >= 0.6 is 15.9 Å². The second-order valence-electron chi connectivity index (χ2n) is 8.46. The largest absolute Gasteiger partial charge is 0.484 e. The molecule has 1 aliphatic heterocycles. The van der Waals surface area contributed by atoms with Gasteiger partial charge in [0.05, 0.1) is 4.90 Å². The predicted octanol–water partition coefficient (Wildman–Crippen LogP) is 4.59. The number of carbonyl (C=O) groups excluding carboxylic acids is 1. The molecule has 0 spiro atoms. The Balaban J connectivity index is 1.28. The number of hydrogen-bond acceptors (Lipinski definition) is 5. The van der Waals surface area contributed by atoms with Crippen LogP contribution in [0.3, 0.4) is 0 Å². The number of halogens is 1. The van der Waals surface area contributed by atoms with Crippen LogP contribution in [0.25, 0.3) is 0 Å². The summed E-state index contributed by atoms with van der Waals surface area (Å²) in [5, 5.41) is 0. The molecule has 0 atom stereocenters. The van der Waals surface area contributed by atoms with Crippen molar-refractivity contribution in [3.63, 3.8) is 0 Å². The van der Waals surface area contributed by atoms with Gasteiger partial charge in [-0.15, -0.1) is 0 Å². The fourth-order valence-corrected chi connectivity index (χ4v) is 5.28. The van der Waals surface area contributed by atoms with E-state index in [0.717, 1.165) is 17.6 Å². The zero-order valence-electron chi connectivity index (χ0n) is 19.7. The fraction of sp³-hybridized carbons (Fsp3) is 0.269. The standard InChI is InChI=1S/C26H28BrN3O4S/c1-19-4-3-5-25(20(19)2)29-14-16-30(17-15-29)26(31)18-34-23-10-12-24(13-11-23)35(32,33)28-22-8-6-21(27)7-9-22/h3-13,28H,14-18H2,1-2H3. The van der Waals surface area contributed by atoms with Gasteiger partial charge < -0.3 is 14.5 Å². The van der Waals surface area contributed by atoms with Crippen molar-refractivity contribution < 1.29 is 17.9 Å². The number of piperazine rings is 1. The zero-order valence-corrected chi connectivity index (χ0v) is 22.1. The summed E-state index contributed by atoms with van der Waals surface area (Å²) in [6.07, 6.45) is 0. The van der Waals surface area contributed by atoms with Crippen molar-refractivity contribution in [2.75, 3.05) is 42.4 Å². The van der Waals surface area contributed by atoms with Crippen LogP contribution in [0.4, 0.5) is 11.4 Å². The van der Waals surface area contributed by atoms with Crippen LogP contribution in [-0.4, -0.2) is 52.0 Å². The Labute approximate surface area is 214 Å². The van der Waals surface area contributed by atoms with Gasteiger partial charge >= 0.3 is 0 Å². The minimum absolute atomic E-state index is 0.0841. The first kappa shape index (κ1) is 25.1. The second-order valence-corrected chi connectivity index (χ2v) is 11.1. The second kappa shape index (κ2) is 10.7. The Bertz CT molecular complexity index is 1290. The molecule has 0 radical (unpaired) electrons. The van der Waals surface area contributed by atoms with Crippen LogP contribution in [-0.2, 0) is 14.8 Å². The number of anilines is 2. The van der Waals surface area contributed by atoms with Crippen LogP contribution in [0.5, 0.6) is 5.75 Å². The third-order valence-corrected chi connectivity index (χ3v) is 8.07. The Morgan fingerprint density at radius 3 is 2.26 bits per heavy atom. The monoisotopic (exact) mass is 557 g/mol. The molecule has 1 saturated heterocycles. The topological polar surface area (TPSA) is 79.0 Å². The summed E-state index contributed by atoms with van der Waals surface area (Å²) in [6, 6.07) is 19.2. The number of aryl methyl sites for hydroxylation is 1. The molecule has 0 unspecified atom stereocenters. The van der Waals surface area contributed by atoms with E-state index in [-0.39, 0.29) is 17.4 Å². The lowest BCUT2D eigenvalue weighted by Gasteiger charge is -2.37. The maximum absolute atomic E-state index is 12.7. The van der Waals surface area contributed by atoms with E-state index in [2.05, 4.69) is 57.6 Å². The molecule has 3 aromatic carbocycles. The van der Waals surface area contributed by atoms with Crippen molar-refractivity contribution in [1.82, 2.24) is 4.90 Å². The van der Waals surface area contributed by atoms with Crippen molar-refractivity contribution in [3.8, 4) is 5.75 Å². The summed E-state index contributed by atoms with van der Waals surface area (Å²) in [4.78, 5) is 16.9. The first-order valence-electron chi connectivity index (χ1n) is 11.3. The van der Waals surface area contributed by atoms with Gasteiger partial charge in [0.1, 0.15) is 5.75 Å². The van der Waals surface area contributed by atoms with Crippen molar-refractivity contribution in [1.29, 1.82) is 0 Å². The van der Waals surface area contributed by atoms with Crippen LogP contribution < -0.4 is 14.4 Å². The van der Waals surface area contributed by atoms with Crippen LogP contribution in [0.2, 0.25) is 0 Å². The maximum Gasteiger partial charge on any atom is 0.261 e. The molecule has 1 heterocycles. The van der Waals surface area contributed by atoms with Gasteiger partial charge in [0, 0.05) is 42.0 Å². The quantitative estimate of drug-likeness (QED) is 0.459. The Hall–Kier alpha value is -3.04. The SMILES string of the molecule is Cc1cccc(N2CCN(C(=O)COc3ccc(S(=O)(=O)Nc4ccc(Br)cc4)cc3)CC2)c1C. The maximum atomic E-state index is 12.7. The molecule has 0 saturated carbocycles. The number of sulfonamides is 1. The lowest BCUT2D eigenvalue weighted by Crippen LogP contribution is -2.50. The van der Waals surface area contributed by atoms with Crippen LogP contribution in [0.1, 0.15) is 11.1 Å². The highest BCUT2D eigenvalue weighted by Crippen LogP contribution is 2.24. The van der Waals surface area contributed by atoms with Crippen molar-refractivity contribution in [2.45, 2.75) is 18.7 Å². The van der Waals surface area contributed by atoms with Gasteiger partial charge in [0.2, 0.25) is 0 Å². The molecule has 1 aliphatic rings. The minimum atomic E-state index is -3.73. The minimum Gasteiger partial charge on any atom is -0.484 e. The summed E-state index contributed by atoms with van der Waals surface area (Å²) < 4.78 is 34.3. The Morgan fingerprint density at radius 1 is 0.943 bits per heavy atom. The van der Waals surface area contributed by atoms with E-state index in [1.807, 2.05) is 4.90 Å². The highest BCUT2D eigenvalue weighted by Gasteiger charge is 2.23. The number of rotatable bonds is 7. The number of carbonyl (C=O) groups is 1. The molecule has 0 aliphatic carbocycles. The van der Waals surface area contributed by atoms with E-state index in [1.165, 1.54) is 28.9 Å². The lowest BCUT2D eigenvalue weighted by molar-refractivity contribution is -0.133. The summed E-state index contributed by atoms with van der Waals surface area (Å²) >= 11 is 3.32. The molecule has 7 nitrogen and oxygen atoms in total. The molecule has 1 amide bonds. The smallest absolute Gasteiger partial charge is 0.261 e. The van der Waals surface area contributed by atoms with Crippen molar-refractivity contribution in [3.05, 3.63) is 82.3 Å². The van der Waals surface area contributed by atoms with E-state index < -0.39 is 10.0 Å². The van der Waals surface area contributed by atoms with Crippen molar-refractivity contribution in [2.24, 2.45) is 0 Å². The molecule has 1 fully saturated rings. The van der Waals surface area contributed by atoms with E-state index >= 15 is 0 Å². The van der Waals surface area contributed by atoms with Gasteiger partial charge in [-0.25, -0.2) is 8.42 Å². The van der Waals surface area contributed by atoms with Gasteiger partial charge in [0.25, 0.3) is 15.9 Å². The summed E-state index contributed by atoms with van der Waals surface area (Å²) in [6.45, 7) is 6.96. The highest BCUT2D eigenvalue weighted by molar-refractivity contribution is 9.10. The van der Waals surface area contributed by atoms with Gasteiger partial charge in [0.15, 0.2) is 6.61 Å². The first-order chi connectivity index (χ1) is 16.7. The number of hydrogen-bond donors (Lipinski definition) is 1. The number of amides is 1. The number of ether oxygens (including phenoxy) is 1. The van der Waals surface area contributed by atoms with Crippen LogP contribution in [0.15, 0.2) is 76.1 Å². The highest BCUT2D eigenvalue weighted by atomic mass is 79.9. The molecule has 9 heteroatoms. The third-order valence-electron chi connectivity index (χ3n) is 6.14. The predicted molar refractivity (Wildman–Crippen MR) is 142 cm³/mol. The Morgan fingerprint density at radius 2 is 1.60 bits per heavy atom. The average Bonchev–Trinajstić information content (AvgIpc) is 2.86. The summed E-state index contributed by atoms with van der Waals surface area (Å²) in [5.41, 5.74) is 4.22. The van der Waals surface area contributed by atoms with Gasteiger partial charge in [-0.3, -0.25) is 9.52 Å². The fourth-order valence-electron chi connectivity index (χ4n) is 3.96. The zero-order chi connectivity index (χ0) is 25.0. The summed E-state index contributed by atoms with van der Waals surface area (Å²) in [7, 11) is -3.73. The first-order valence-corrected chi connectivity index (χ1v) is 13.6. The normalized spacial score (nSPS) is 14.0. The van der Waals surface area contributed by atoms with Gasteiger partial charge in [-0.05, 0) is 79.6 Å². The van der Waals surface area contributed by atoms with Gasteiger partial charge in [-0.1, -0.05) is 28.1 Å². The van der Waals surface area contributed by atoms with Crippen LogP contribution in [0, 0.1) is 13.8 Å². The molecule has 3 aromatic rings. The molecule has 0 bridgehead atoms. The van der Waals surface area contributed by atoms with E-state index in [0.29, 0.717) is 24.5 Å². The summed E-state index contributed by atoms with van der Waals surface area (Å²) in [5.74, 6) is 0.356. The average molecular weight is 558 g/mol. The van der Waals surface area contributed by atoms with E-state index in [9.17, 15) is 13.2 Å². The molecular weight excluding hydrogens is 530 g/mol. The van der Waals surface area contributed by atoms with Crippen molar-refractivity contribution >= 4 is 43.2 Å². The molecule has 1 N–H and O–H groups in total. The number of benzene rings is 3. The molecule has 0 aromatic heterocycles. The number of nitrogens with zero attached hydrogens (tertiary/aromatic N) is 2. The molecule has 35 heavy (non-hydrogen) atoms. The molecule has 184 valence electrons. The Kier molecular flexibility index (Phi) is 7.66. The van der Waals surface area contributed by atoms with Gasteiger partial charge in [-0.2, -0.15) is 0 Å². The van der Waals surface area contributed by atoms with E-state index in [4.69, 9.17) is 4.74 Å². The molecular formula is C26H28BrN3O4S. The third kappa shape index (κ3) is 6.15. The lowest BCUT2D eigenvalue weighted by atomic mass is 10.1. The number of nitrogens with one attached hydrogen (secondary N) is 1.